The molecule has 0 fully saturated rings. The molecule has 0 saturated carbocycles. The summed E-state index contributed by atoms with van der Waals surface area (Å²) in [5.41, 5.74) is 7.09. The van der Waals surface area contributed by atoms with Crippen LogP contribution in [0.4, 0.5) is 0 Å². The van der Waals surface area contributed by atoms with Crippen molar-refractivity contribution in [2.75, 3.05) is 0 Å². The molecule has 0 bridgehead atoms. The minimum absolute atomic E-state index is 1.01. The molecule has 0 amide bonds. The number of nitrogens with zero attached hydrogens (tertiary/aromatic N) is 2. The fourth-order valence-electron chi connectivity index (χ4n) is 4.29. The number of rotatable bonds is 7. The molecule has 136 valence electrons. The second-order valence-electron chi connectivity index (χ2n) is 7.60. The minimum Gasteiger partial charge on any atom is -0.243 e. The van der Waals surface area contributed by atoms with Crippen LogP contribution >= 0.6 is 11.3 Å². The molecule has 2 aromatic heterocycles. The van der Waals surface area contributed by atoms with E-state index in [4.69, 9.17) is 9.97 Å². The van der Waals surface area contributed by atoms with Crippen LogP contribution in [0.1, 0.15) is 51.0 Å². The molecule has 0 unspecified atom stereocenters. The van der Waals surface area contributed by atoms with E-state index < -0.39 is 0 Å². The predicted octanol–water partition coefficient (Wildman–Crippen LogP) is 7.39. The van der Waals surface area contributed by atoms with E-state index in [0.717, 1.165) is 28.2 Å². The van der Waals surface area contributed by atoms with Gasteiger partial charge in [0.1, 0.15) is 10.3 Å². The molecule has 3 heteroatoms. The highest BCUT2D eigenvalue weighted by Crippen LogP contribution is 2.46. The van der Waals surface area contributed by atoms with Crippen molar-refractivity contribution in [3.8, 4) is 22.5 Å². The predicted molar refractivity (Wildman–Crippen MR) is 116 cm³/mol. The average molecular weight is 373 g/mol. The van der Waals surface area contributed by atoms with E-state index >= 15 is 0 Å². The average Bonchev–Trinajstić information content (AvgIpc) is 3.27. The van der Waals surface area contributed by atoms with Crippen LogP contribution in [0.2, 0.25) is 0 Å². The zero-order valence-corrected chi connectivity index (χ0v) is 16.6. The number of thiophene rings is 1. The highest BCUT2D eigenvalue weighted by Gasteiger charge is 2.25. The third kappa shape index (κ3) is 2.94. The van der Waals surface area contributed by atoms with E-state index in [1.807, 2.05) is 0 Å². The highest BCUT2D eigenvalue weighted by atomic mass is 32.1. The number of benzene rings is 2. The summed E-state index contributed by atoms with van der Waals surface area (Å²) in [5, 5.41) is 4.74. The second kappa shape index (κ2) is 7.05. The molecule has 0 N–H and O–H groups in total. The summed E-state index contributed by atoms with van der Waals surface area (Å²) in [4.78, 5) is 11.0. The van der Waals surface area contributed by atoms with Crippen LogP contribution in [0.25, 0.3) is 43.6 Å². The lowest BCUT2D eigenvalue weighted by Crippen LogP contribution is -1.90. The van der Waals surface area contributed by atoms with E-state index in [-0.39, 0.29) is 0 Å². The fraction of sp³-hybridized carbons (Fsp3) is 0.333. The van der Waals surface area contributed by atoms with Gasteiger partial charge in [-0.15, -0.1) is 11.3 Å². The van der Waals surface area contributed by atoms with Gasteiger partial charge in [0.05, 0.1) is 11.4 Å². The fourth-order valence-corrected chi connectivity index (χ4v) is 5.00. The van der Waals surface area contributed by atoms with Gasteiger partial charge in [-0.05, 0) is 41.3 Å². The summed E-state index contributed by atoms with van der Waals surface area (Å²) < 4.78 is 0. The maximum absolute atomic E-state index is 4.98. The Kier molecular flexibility index (Phi) is 4.41. The van der Waals surface area contributed by atoms with Gasteiger partial charge >= 0.3 is 0 Å². The number of aromatic nitrogens is 2. The van der Waals surface area contributed by atoms with Crippen molar-refractivity contribution in [1.29, 1.82) is 0 Å². The number of unbranched alkanes of at least 4 members (excludes halogenated alkanes) is 5. The summed E-state index contributed by atoms with van der Waals surface area (Å²) in [6.07, 6.45) is 9.19. The van der Waals surface area contributed by atoms with Gasteiger partial charge in [0.25, 0.3) is 0 Å². The largest absolute Gasteiger partial charge is 0.243 e. The summed E-state index contributed by atoms with van der Waals surface area (Å²) in [6.45, 7) is 2.27. The van der Waals surface area contributed by atoms with Gasteiger partial charge < -0.3 is 0 Å². The van der Waals surface area contributed by atoms with E-state index in [9.17, 15) is 0 Å². The van der Waals surface area contributed by atoms with E-state index in [2.05, 4.69) is 48.7 Å². The Labute approximate surface area is 164 Å². The van der Waals surface area contributed by atoms with Crippen LogP contribution in [0, 0.1) is 0 Å². The molecule has 5 rings (SSSR count). The van der Waals surface area contributed by atoms with Crippen molar-refractivity contribution in [1.82, 2.24) is 9.97 Å². The van der Waals surface area contributed by atoms with Crippen LogP contribution in [0.3, 0.4) is 0 Å². The van der Waals surface area contributed by atoms with Crippen LogP contribution in [-0.4, -0.2) is 9.97 Å². The van der Waals surface area contributed by atoms with Crippen molar-refractivity contribution in [2.45, 2.75) is 51.9 Å². The number of aryl methyl sites for hydroxylation is 1. The molecular weight excluding hydrogens is 348 g/mol. The topological polar surface area (TPSA) is 25.8 Å². The third-order valence-electron chi connectivity index (χ3n) is 5.66. The zero-order valence-electron chi connectivity index (χ0n) is 15.8. The van der Waals surface area contributed by atoms with Crippen molar-refractivity contribution >= 4 is 32.5 Å². The van der Waals surface area contributed by atoms with Gasteiger partial charge in [-0.1, -0.05) is 63.3 Å². The molecule has 27 heavy (non-hydrogen) atoms. The van der Waals surface area contributed by atoms with Crippen LogP contribution in [0.15, 0.2) is 41.8 Å². The summed E-state index contributed by atoms with van der Waals surface area (Å²) in [5.74, 6) is 0. The molecule has 2 nitrogen and oxygen atoms in total. The smallest absolute Gasteiger partial charge is 0.142 e. The number of hydrogen-bond donors (Lipinski definition) is 0. The first-order chi connectivity index (χ1) is 13.3. The Bertz CT molecular complexity index is 1130. The molecule has 2 heterocycles. The second-order valence-corrected chi connectivity index (χ2v) is 8.49. The Morgan fingerprint density at radius 2 is 1.70 bits per heavy atom. The molecule has 2 aromatic carbocycles. The lowest BCUT2D eigenvalue weighted by Gasteiger charge is -2.07. The quantitative estimate of drug-likeness (QED) is 0.278. The van der Waals surface area contributed by atoms with Crippen molar-refractivity contribution < 1.29 is 0 Å². The molecule has 0 saturated heterocycles. The minimum atomic E-state index is 1.01. The summed E-state index contributed by atoms with van der Waals surface area (Å²) in [6, 6.07) is 13.4. The Balaban J connectivity index is 1.50. The monoisotopic (exact) mass is 372 g/mol. The van der Waals surface area contributed by atoms with Crippen molar-refractivity contribution in [3.63, 3.8) is 0 Å². The van der Waals surface area contributed by atoms with Gasteiger partial charge in [-0.2, -0.15) is 0 Å². The Morgan fingerprint density at radius 3 is 2.63 bits per heavy atom. The normalized spacial score (nSPS) is 12.2. The molecule has 1 aliphatic carbocycles. The van der Waals surface area contributed by atoms with Gasteiger partial charge in [0.15, 0.2) is 0 Å². The van der Waals surface area contributed by atoms with Gasteiger partial charge in [-0.25, -0.2) is 9.97 Å². The lowest BCUT2D eigenvalue weighted by atomic mass is 9.97. The Morgan fingerprint density at radius 1 is 0.852 bits per heavy atom. The molecule has 0 atom stereocenters. The maximum atomic E-state index is 4.98. The SMILES string of the molecule is CCCCCCCCc1cc2c3c(cccc3c1)-c1nc3ccsc3nc1-2. The van der Waals surface area contributed by atoms with Crippen LogP contribution in [0.5, 0.6) is 0 Å². The molecule has 4 aromatic rings. The van der Waals surface area contributed by atoms with Crippen molar-refractivity contribution in [2.24, 2.45) is 0 Å². The molecular formula is C24H24N2S. The summed E-state index contributed by atoms with van der Waals surface area (Å²) in [7, 11) is 0. The zero-order chi connectivity index (χ0) is 18.2. The van der Waals surface area contributed by atoms with E-state index in [0.29, 0.717) is 0 Å². The van der Waals surface area contributed by atoms with Crippen LogP contribution < -0.4 is 0 Å². The first-order valence-electron chi connectivity index (χ1n) is 10.2. The van der Waals surface area contributed by atoms with Crippen molar-refractivity contribution in [3.05, 3.63) is 47.3 Å². The maximum Gasteiger partial charge on any atom is 0.142 e. The van der Waals surface area contributed by atoms with Gasteiger partial charge in [0.2, 0.25) is 0 Å². The van der Waals surface area contributed by atoms with Crippen LogP contribution in [-0.2, 0) is 6.42 Å². The molecule has 0 aliphatic heterocycles. The summed E-state index contributed by atoms with van der Waals surface area (Å²) >= 11 is 1.68. The van der Waals surface area contributed by atoms with Gasteiger partial charge in [-0.3, -0.25) is 0 Å². The highest BCUT2D eigenvalue weighted by molar-refractivity contribution is 7.16. The van der Waals surface area contributed by atoms with Gasteiger partial charge in [0, 0.05) is 16.5 Å². The Hall–Kier alpha value is -2.26. The van der Waals surface area contributed by atoms with E-state index in [1.165, 1.54) is 66.0 Å². The lowest BCUT2D eigenvalue weighted by molar-refractivity contribution is 0.607. The molecule has 0 radical (unpaired) electrons. The first-order valence-corrected chi connectivity index (χ1v) is 11.0. The molecule has 0 spiro atoms. The number of hydrogen-bond acceptors (Lipinski definition) is 3. The first kappa shape index (κ1) is 16.9. The third-order valence-corrected chi connectivity index (χ3v) is 6.46. The molecule has 1 aliphatic rings. The van der Waals surface area contributed by atoms with E-state index in [1.54, 1.807) is 11.3 Å². The standard InChI is InChI=1S/C24H24N2S/c1-2-3-4-5-6-7-9-16-14-17-10-8-11-18-21(17)19(15-16)23-22(18)25-20-12-13-27-24(20)26-23/h8,10-15H,2-7,9H2,1H3. The number of fused-ring (bicyclic) bond motifs is 4.